The summed E-state index contributed by atoms with van der Waals surface area (Å²) in [7, 11) is 0. The Kier molecular flexibility index (Phi) is 4.81. The summed E-state index contributed by atoms with van der Waals surface area (Å²) < 4.78 is 0. The van der Waals surface area contributed by atoms with E-state index in [1.165, 1.54) is 0 Å². The van der Waals surface area contributed by atoms with E-state index < -0.39 is 0 Å². The number of hydrogen-bond donors (Lipinski definition) is 0. The molecule has 0 radical (unpaired) electrons. The maximum absolute atomic E-state index is 12.2. The molecule has 3 heteroatoms. The number of halogens is 2. The van der Waals surface area contributed by atoms with E-state index in [1.54, 1.807) is 6.07 Å². The van der Waals surface area contributed by atoms with E-state index in [9.17, 15) is 4.79 Å². The molecule has 1 saturated carbocycles. The van der Waals surface area contributed by atoms with E-state index in [1.807, 2.05) is 12.1 Å². The van der Waals surface area contributed by atoms with Crippen LogP contribution >= 0.6 is 23.2 Å². The molecule has 20 heavy (non-hydrogen) atoms. The van der Waals surface area contributed by atoms with Crippen LogP contribution in [0, 0.1) is 17.3 Å². The molecule has 2 rings (SSSR count). The monoisotopic (exact) mass is 312 g/mol. The first-order chi connectivity index (χ1) is 9.27. The van der Waals surface area contributed by atoms with E-state index in [2.05, 4.69) is 20.8 Å². The van der Waals surface area contributed by atoms with Gasteiger partial charge < -0.3 is 0 Å². The quantitative estimate of drug-likeness (QED) is 0.698. The molecular weight excluding hydrogens is 291 g/mol. The van der Waals surface area contributed by atoms with E-state index in [-0.39, 0.29) is 11.3 Å². The van der Waals surface area contributed by atoms with Gasteiger partial charge in [0.25, 0.3) is 0 Å². The summed E-state index contributed by atoms with van der Waals surface area (Å²) in [6, 6.07) is 5.54. The summed E-state index contributed by atoms with van der Waals surface area (Å²) in [5.74, 6) is 1.10. The number of rotatable bonds is 2. The lowest BCUT2D eigenvalue weighted by Crippen LogP contribution is -2.33. The second-order valence-corrected chi connectivity index (χ2v) is 7.78. The van der Waals surface area contributed by atoms with Gasteiger partial charge in [-0.25, -0.2) is 0 Å². The average Bonchev–Trinajstić information content (AvgIpc) is 2.33. The van der Waals surface area contributed by atoms with Crippen LogP contribution in [0.4, 0.5) is 0 Å². The molecule has 2 atom stereocenters. The predicted molar refractivity (Wildman–Crippen MR) is 85.5 cm³/mol. The van der Waals surface area contributed by atoms with Crippen molar-refractivity contribution in [1.82, 2.24) is 0 Å². The standard InChI is InChI=1S/C17H22Cl2O/c1-17(2,3)13-5-7-16(20)12(9-13)8-11-4-6-14(18)10-15(11)19/h4,6,10,12-13H,5,7-9H2,1-3H3. The van der Waals surface area contributed by atoms with Crippen molar-refractivity contribution in [2.75, 3.05) is 0 Å². The number of ketones is 1. The maximum Gasteiger partial charge on any atom is 0.136 e. The third-order valence-electron chi connectivity index (χ3n) is 4.47. The smallest absolute Gasteiger partial charge is 0.136 e. The minimum Gasteiger partial charge on any atom is -0.299 e. The number of benzene rings is 1. The topological polar surface area (TPSA) is 17.1 Å². The highest BCUT2D eigenvalue weighted by molar-refractivity contribution is 6.35. The second kappa shape index (κ2) is 6.07. The molecule has 1 aliphatic rings. The highest BCUT2D eigenvalue weighted by atomic mass is 35.5. The fourth-order valence-corrected chi connectivity index (χ4v) is 3.54. The van der Waals surface area contributed by atoms with Crippen molar-refractivity contribution in [1.29, 1.82) is 0 Å². The maximum atomic E-state index is 12.2. The lowest BCUT2D eigenvalue weighted by atomic mass is 9.67. The predicted octanol–water partition coefficient (Wildman–Crippen LogP) is 5.57. The third-order valence-corrected chi connectivity index (χ3v) is 5.06. The van der Waals surface area contributed by atoms with E-state index in [0.29, 0.717) is 28.2 Å². The summed E-state index contributed by atoms with van der Waals surface area (Å²) in [5.41, 5.74) is 1.30. The Morgan fingerprint density at radius 1 is 1.25 bits per heavy atom. The summed E-state index contributed by atoms with van der Waals surface area (Å²) in [6.07, 6.45) is 3.44. The number of hydrogen-bond acceptors (Lipinski definition) is 1. The summed E-state index contributed by atoms with van der Waals surface area (Å²) in [4.78, 5) is 12.2. The first kappa shape index (κ1) is 15.9. The van der Waals surface area contributed by atoms with Gasteiger partial charge in [-0.2, -0.15) is 0 Å². The number of carbonyl (C=O) groups excluding carboxylic acids is 1. The fourth-order valence-electron chi connectivity index (χ4n) is 3.05. The molecule has 0 heterocycles. The van der Waals surface area contributed by atoms with Crippen LogP contribution in [0.3, 0.4) is 0 Å². The molecule has 2 unspecified atom stereocenters. The molecule has 0 amide bonds. The Hall–Kier alpha value is -0.530. The summed E-state index contributed by atoms with van der Waals surface area (Å²) in [5, 5.41) is 1.31. The molecule has 0 N–H and O–H groups in total. The van der Waals surface area contributed by atoms with Crippen LogP contribution in [0.2, 0.25) is 10.0 Å². The molecule has 110 valence electrons. The minimum atomic E-state index is 0.103. The highest BCUT2D eigenvalue weighted by Crippen LogP contribution is 2.40. The van der Waals surface area contributed by atoms with Gasteiger partial charge >= 0.3 is 0 Å². The van der Waals surface area contributed by atoms with Gasteiger partial charge in [0.15, 0.2) is 0 Å². The Labute approximate surface area is 131 Å². The van der Waals surface area contributed by atoms with E-state index >= 15 is 0 Å². The van der Waals surface area contributed by atoms with Gasteiger partial charge in [-0.1, -0.05) is 50.0 Å². The highest BCUT2D eigenvalue weighted by Gasteiger charge is 2.34. The number of Topliss-reactive ketones (excluding diaryl/α,β-unsaturated/α-hetero) is 1. The zero-order valence-corrected chi connectivity index (χ0v) is 13.9. The molecule has 1 fully saturated rings. The zero-order valence-electron chi connectivity index (χ0n) is 12.4. The van der Waals surface area contributed by atoms with Gasteiger partial charge in [-0.05, 0) is 48.3 Å². The van der Waals surface area contributed by atoms with Gasteiger partial charge in [-0.3, -0.25) is 4.79 Å². The van der Waals surface area contributed by atoms with Crippen molar-refractivity contribution in [2.24, 2.45) is 17.3 Å². The molecule has 0 aromatic heterocycles. The lowest BCUT2D eigenvalue weighted by Gasteiger charge is -2.37. The Balaban J connectivity index is 2.12. The van der Waals surface area contributed by atoms with Crippen LogP contribution < -0.4 is 0 Å². The molecule has 1 aromatic rings. The minimum absolute atomic E-state index is 0.103. The molecule has 1 nitrogen and oxygen atoms in total. The summed E-state index contributed by atoms with van der Waals surface area (Å²) >= 11 is 12.1. The first-order valence-electron chi connectivity index (χ1n) is 7.24. The average molecular weight is 313 g/mol. The van der Waals surface area contributed by atoms with E-state index in [0.717, 1.165) is 24.8 Å². The van der Waals surface area contributed by atoms with Crippen LogP contribution in [0.15, 0.2) is 18.2 Å². The molecule has 0 saturated heterocycles. The molecule has 0 aliphatic heterocycles. The third kappa shape index (κ3) is 3.77. The van der Waals surface area contributed by atoms with Crippen LogP contribution in [-0.4, -0.2) is 5.78 Å². The number of carbonyl (C=O) groups is 1. The Morgan fingerprint density at radius 2 is 1.95 bits per heavy atom. The first-order valence-corrected chi connectivity index (χ1v) is 7.99. The molecule has 0 bridgehead atoms. The summed E-state index contributed by atoms with van der Waals surface area (Å²) in [6.45, 7) is 6.79. The van der Waals surface area contributed by atoms with Crippen LogP contribution in [0.25, 0.3) is 0 Å². The van der Waals surface area contributed by atoms with Crippen LogP contribution in [-0.2, 0) is 11.2 Å². The Morgan fingerprint density at radius 3 is 2.55 bits per heavy atom. The van der Waals surface area contributed by atoms with Crippen LogP contribution in [0.5, 0.6) is 0 Å². The van der Waals surface area contributed by atoms with Crippen molar-refractivity contribution < 1.29 is 4.79 Å². The van der Waals surface area contributed by atoms with E-state index in [4.69, 9.17) is 23.2 Å². The molecule has 1 aromatic carbocycles. The second-order valence-electron chi connectivity index (χ2n) is 6.94. The van der Waals surface area contributed by atoms with Crippen molar-refractivity contribution in [3.63, 3.8) is 0 Å². The van der Waals surface area contributed by atoms with Crippen molar-refractivity contribution in [3.8, 4) is 0 Å². The van der Waals surface area contributed by atoms with Gasteiger partial charge in [0, 0.05) is 22.4 Å². The SMILES string of the molecule is CC(C)(C)C1CCC(=O)C(Cc2ccc(Cl)cc2Cl)C1. The largest absolute Gasteiger partial charge is 0.299 e. The Bertz CT molecular complexity index is 502. The fraction of sp³-hybridized carbons (Fsp3) is 0.588. The van der Waals surface area contributed by atoms with Gasteiger partial charge in [-0.15, -0.1) is 0 Å². The zero-order chi connectivity index (χ0) is 14.9. The molecular formula is C17H22Cl2O. The van der Waals surface area contributed by atoms with Crippen LogP contribution in [0.1, 0.15) is 45.6 Å². The normalized spacial score (nSPS) is 23.9. The van der Waals surface area contributed by atoms with Crippen molar-refractivity contribution in [3.05, 3.63) is 33.8 Å². The van der Waals surface area contributed by atoms with Crippen molar-refractivity contribution >= 4 is 29.0 Å². The molecule has 0 spiro atoms. The lowest BCUT2D eigenvalue weighted by molar-refractivity contribution is -0.126. The van der Waals surface area contributed by atoms with Gasteiger partial charge in [0.2, 0.25) is 0 Å². The van der Waals surface area contributed by atoms with Gasteiger partial charge in [0.1, 0.15) is 5.78 Å². The van der Waals surface area contributed by atoms with Crippen molar-refractivity contribution in [2.45, 2.75) is 46.5 Å². The van der Waals surface area contributed by atoms with Gasteiger partial charge in [0.05, 0.1) is 0 Å². The molecule has 1 aliphatic carbocycles.